The molecule has 0 N–H and O–H groups in total. The monoisotopic (exact) mass is 418 g/mol. The highest BCUT2D eigenvalue weighted by molar-refractivity contribution is 6.02. The van der Waals surface area contributed by atoms with Gasteiger partial charge in [-0.15, -0.1) is 5.06 Å². The molecule has 0 bridgehead atoms. The summed E-state index contributed by atoms with van der Waals surface area (Å²) >= 11 is 0. The van der Waals surface area contributed by atoms with Crippen molar-refractivity contribution < 1.29 is 33.5 Å². The van der Waals surface area contributed by atoms with Crippen LogP contribution in [0.25, 0.3) is 0 Å². The molecular formula is C21H26N2O7. The van der Waals surface area contributed by atoms with Crippen molar-refractivity contribution in [1.29, 1.82) is 0 Å². The van der Waals surface area contributed by atoms with Crippen LogP contribution in [0.4, 0.5) is 4.79 Å². The van der Waals surface area contributed by atoms with Crippen LogP contribution in [0.2, 0.25) is 0 Å². The summed E-state index contributed by atoms with van der Waals surface area (Å²) in [6.45, 7) is 5.62. The molecule has 0 saturated carbocycles. The number of hydrogen-bond acceptors (Lipinski definition) is 7. The zero-order chi connectivity index (χ0) is 21.9. The first-order valence-corrected chi connectivity index (χ1v) is 9.88. The fourth-order valence-electron chi connectivity index (χ4n) is 3.32. The molecule has 1 aromatic carbocycles. The normalized spacial score (nSPS) is 21.8. The van der Waals surface area contributed by atoms with Crippen molar-refractivity contribution in [3.05, 3.63) is 35.9 Å². The van der Waals surface area contributed by atoms with E-state index in [2.05, 4.69) is 0 Å². The number of hydrogen-bond donors (Lipinski definition) is 0. The maximum atomic E-state index is 12.9. The van der Waals surface area contributed by atoms with E-state index in [-0.39, 0.29) is 26.0 Å². The second-order valence-electron chi connectivity index (χ2n) is 8.23. The lowest BCUT2D eigenvalue weighted by atomic mass is 10.1. The predicted molar refractivity (Wildman–Crippen MR) is 104 cm³/mol. The standard InChI is InChI=1S/C21H26N2O7/c1-21(2,3)29-20(27)22-12-11-15(28-13-14-7-5-4-6-8-14)18(22)19(26)30-23-16(24)9-10-17(23)25/h4-8,15,18H,9-13H2,1-3H3/t15?,18-/m0/s1. The van der Waals surface area contributed by atoms with Gasteiger partial charge in [0.15, 0.2) is 6.04 Å². The van der Waals surface area contributed by atoms with Gasteiger partial charge in [-0.2, -0.15) is 0 Å². The highest BCUT2D eigenvalue weighted by Gasteiger charge is 2.47. The van der Waals surface area contributed by atoms with Crippen LogP contribution >= 0.6 is 0 Å². The Morgan fingerprint density at radius 1 is 1.07 bits per heavy atom. The lowest BCUT2D eigenvalue weighted by molar-refractivity contribution is -0.202. The third-order valence-electron chi connectivity index (χ3n) is 4.71. The average Bonchev–Trinajstić information content (AvgIpc) is 3.24. The molecule has 1 aromatic rings. The molecule has 2 aliphatic rings. The average molecular weight is 418 g/mol. The molecule has 2 heterocycles. The number of ether oxygens (including phenoxy) is 2. The number of imide groups is 1. The Morgan fingerprint density at radius 2 is 1.70 bits per heavy atom. The SMILES string of the molecule is CC(C)(C)OC(=O)N1CCC(OCc2ccccc2)[C@H]1C(=O)ON1C(=O)CCC1=O. The maximum absolute atomic E-state index is 12.9. The Bertz CT molecular complexity index is 802. The van der Waals surface area contributed by atoms with Crippen LogP contribution in [-0.4, -0.2) is 58.1 Å². The summed E-state index contributed by atoms with van der Waals surface area (Å²) in [5.41, 5.74) is 0.153. The van der Waals surface area contributed by atoms with Crippen LogP contribution in [0.15, 0.2) is 30.3 Å². The maximum Gasteiger partial charge on any atom is 0.411 e. The topological polar surface area (TPSA) is 102 Å². The molecule has 9 heteroatoms. The highest BCUT2D eigenvalue weighted by Crippen LogP contribution is 2.27. The Balaban J connectivity index is 1.75. The van der Waals surface area contributed by atoms with Crippen molar-refractivity contribution in [2.75, 3.05) is 6.54 Å². The zero-order valence-corrected chi connectivity index (χ0v) is 17.3. The van der Waals surface area contributed by atoms with E-state index in [0.29, 0.717) is 11.5 Å². The Kier molecular flexibility index (Phi) is 6.40. The zero-order valence-electron chi connectivity index (χ0n) is 17.3. The van der Waals surface area contributed by atoms with E-state index in [0.717, 1.165) is 5.56 Å². The summed E-state index contributed by atoms with van der Waals surface area (Å²) in [7, 11) is 0. The molecule has 2 saturated heterocycles. The van der Waals surface area contributed by atoms with Crippen LogP contribution in [0.5, 0.6) is 0 Å². The molecule has 9 nitrogen and oxygen atoms in total. The number of hydroxylamine groups is 2. The molecule has 0 aliphatic carbocycles. The Hall–Kier alpha value is -2.94. The van der Waals surface area contributed by atoms with E-state index in [9.17, 15) is 19.2 Å². The predicted octanol–water partition coefficient (Wildman–Crippen LogP) is 2.19. The second-order valence-corrected chi connectivity index (χ2v) is 8.23. The molecule has 3 rings (SSSR count). The molecule has 2 atom stereocenters. The lowest BCUT2D eigenvalue weighted by Crippen LogP contribution is -2.50. The van der Waals surface area contributed by atoms with E-state index in [1.165, 1.54) is 4.90 Å². The molecule has 0 spiro atoms. The minimum Gasteiger partial charge on any atom is -0.444 e. The van der Waals surface area contributed by atoms with Crippen molar-refractivity contribution in [2.24, 2.45) is 0 Å². The lowest BCUT2D eigenvalue weighted by Gasteiger charge is -2.29. The van der Waals surface area contributed by atoms with Crippen molar-refractivity contribution in [3.8, 4) is 0 Å². The Labute approximate surface area is 174 Å². The summed E-state index contributed by atoms with van der Waals surface area (Å²) in [5.74, 6) is -2.08. The molecule has 3 amide bonds. The van der Waals surface area contributed by atoms with Crippen molar-refractivity contribution in [3.63, 3.8) is 0 Å². The van der Waals surface area contributed by atoms with Gasteiger partial charge in [0.1, 0.15) is 5.60 Å². The number of rotatable bonds is 5. The molecule has 30 heavy (non-hydrogen) atoms. The summed E-state index contributed by atoms with van der Waals surface area (Å²) < 4.78 is 11.3. The van der Waals surface area contributed by atoms with Crippen LogP contribution in [0, 0.1) is 0 Å². The van der Waals surface area contributed by atoms with Crippen LogP contribution in [0.3, 0.4) is 0 Å². The fraction of sp³-hybridized carbons (Fsp3) is 0.524. The summed E-state index contributed by atoms with van der Waals surface area (Å²) in [6.07, 6.45) is -0.998. The van der Waals surface area contributed by atoms with Crippen LogP contribution in [-0.2, 0) is 35.3 Å². The van der Waals surface area contributed by atoms with Gasteiger partial charge in [-0.1, -0.05) is 30.3 Å². The number of carbonyl (C=O) groups excluding carboxylic acids is 4. The molecular weight excluding hydrogens is 392 g/mol. The van der Waals surface area contributed by atoms with Crippen LogP contribution < -0.4 is 0 Å². The van der Waals surface area contributed by atoms with Gasteiger partial charge in [0.05, 0.1) is 12.7 Å². The van der Waals surface area contributed by atoms with Gasteiger partial charge < -0.3 is 14.3 Å². The van der Waals surface area contributed by atoms with Gasteiger partial charge in [0.2, 0.25) is 0 Å². The number of benzene rings is 1. The van der Waals surface area contributed by atoms with Gasteiger partial charge in [0.25, 0.3) is 11.8 Å². The van der Waals surface area contributed by atoms with Gasteiger partial charge in [-0.05, 0) is 32.8 Å². The molecule has 1 unspecified atom stereocenters. The Morgan fingerprint density at radius 3 is 2.30 bits per heavy atom. The molecule has 0 aromatic heterocycles. The first-order valence-electron chi connectivity index (χ1n) is 9.88. The second kappa shape index (κ2) is 8.83. The quantitative estimate of drug-likeness (QED) is 0.676. The molecule has 2 fully saturated rings. The third kappa shape index (κ3) is 5.15. The van der Waals surface area contributed by atoms with Gasteiger partial charge in [0, 0.05) is 19.4 Å². The van der Waals surface area contributed by atoms with Crippen molar-refractivity contribution in [1.82, 2.24) is 9.96 Å². The van der Waals surface area contributed by atoms with E-state index in [1.807, 2.05) is 30.3 Å². The van der Waals surface area contributed by atoms with Gasteiger partial charge in [-0.3, -0.25) is 14.5 Å². The number of amides is 3. The number of nitrogens with zero attached hydrogens (tertiary/aromatic N) is 2. The first-order chi connectivity index (χ1) is 14.2. The molecule has 2 aliphatic heterocycles. The summed E-state index contributed by atoms with van der Waals surface area (Å²) in [6, 6.07) is 8.26. The highest BCUT2D eigenvalue weighted by atomic mass is 16.7. The number of likely N-dealkylation sites (tertiary alicyclic amines) is 1. The summed E-state index contributed by atoms with van der Waals surface area (Å²) in [4.78, 5) is 55.5. The summed E-state index contributed by atoms with van der Waals surface area (Å²) in [5, 5.41) is 0.474. The smallest absolute Gasteiger partial charge is 0.411 e. The third-order valence-corrected chi connectivity index (χ3v) is 4.71. The fourth-order valence-corrected chi connectivity index (χ4v) is 3.32. The minimum absolute atomic E-state index is 0.0134. The van der Waals surface area contributed by atoms with E-state index >= 15 is 0 Å². The van der Waals surface area contributed by atoms with E-state index in [1.54, 1.807) is 20.8 Å². The minimum atomic E-state index is -1.13. The van der Waals surface area contributed by atoms with Crippen molar-refractivity contribution in [2.45, 2.75) is 64.4 Å². The van der Waals surface area contributed by atoms with E-state index < -0.39 is 41.6 Å². The van der Waals surface area contributed by atoms with Gasteiger partial charge >= 0.3 is 12.1 Å². The van der Waals surface area contributed by atoms with Gasteiger partial charge in [-0.25, -0.2) is 9.59 Å². The molecule has 162 valence electrons. The van der Waals surface area contributed by atoms with Crippen LogP contribution in [0.1, 0.15) is 45.6 Å². The van der Waals surface area contributed by atoms with Crippen molar-refractivity contribution >= 4 is 23.9 Å². The largest absolute Gasteiger partial charge is 0.444 e. The number of carbonyl (C=O) groups is 4. The molecule has 0 radical (unpaired) electrons. The van der Waals surface area contributed by atoms with E-state index in [4.69, 9.17) is 14.3 Å². The first kappa shape index (κ1) is 21.8.